The van der Waals surface area contributed by atoms with Crippen molar-refractivity contribution in [3.8, 4) is 0 Å². The predicted octanol–water partition coefficient (Wildman–Crippen LogP) is 7.74. The third-order valence-electron chi connectivity index (χ3n) is 7.51. The number of allylic oxidation sites excluding steroid dienone is 3. The van der Waals surface area contributed by atoms with Crippen LogP contribution in [-0.4, -0.2) is 21.9 Å². The lowest BCUT2D eigenvalue weighted by Gasteiger charge is -2.28. The van der Waals surface area contributed by atoms with Crippen LogP contribution >= 0.6 is 0 Å². The Morgan fingerprint density at radius 2 is 1.60 bits per heavy atom. The standard InChI is InChI=1S/C19H32O.C9H18O/c1-19(20,15-9-14-17-10-7-8-11-17)16-18-12-5-3-2-4-6-13-18;1-2-5-8-6-3-4-7-9(8)10/h2-3,9,14,17-18,20H,4-8,10-13,15-16H2,1H3;8-10H,2-7H2,1H3/b3-2?,14-9+;. The minimum Gasteiger partial charge on any atom is -0.393 e. The lowest BCUT2D eigenvalue weighted by Crippen LogP contribution is -2.27. The molecule has 0 aromatic carbocycles. The Kier molecular flexibility index (Phi) is 12.4. The average molecular weight is 419 g/mol. The maximum absolute atomic E-state index is 10.6. The van der Waals surface area contributed by atoms with Crippen LogP contribution in [0.1, 0.15) is 123 Å². The lowest BCUT2D eigenvalue weighted by molar-refractivity contribution is 0.0333. The van der Waals surface area contributed by atoms with Crippen LogP contribution < -0.4 is 0 Å². The number of hydrogen-bond acceptors (Lipinski definition) is 2. The van der Waals surface area contributed by atoms with Crippen molar-refractivity contribution < 1.29 is 10.2 Å². The van der Waals surface area contributed by atoms with Crippen molar-refractivity contribution in [2.24, 2.45) is 17.8 Å². The molecule has 0 aromatic heterocycles. The third kappa shape index (κ3) is 10.6. The van der Waals surface area contributed by atoms with Gasteiger partial charge in [-0.2, -0.15) is 0 Å². The minimum atomic E-state index is -0.511. The van der Waals surface area contributed by atoms with Gasteiger partial charge < -0.3 is 10.2 Å². The molecule has 2 fully saturated rings. The summed E-state index contributed by atoms with van der Waals surface area (Å²) in [5.74, 6) is 2.12. The lowest BCUT2D eigenvalue weighted by atomic mass is 9.83. The second kappa shape index (κ2) is 14.5. The molecule has 0 saturated heterocycles. The molecule has 0 bridgehead atoms. The van der Waals surface area contributed by atoms with Gasteiger partial charge in [0.2, 0.25) is 0 Å². The minimum absolute atomic E-state index is 0.0219. The van der Waals surface area contributed by atoms with Crippen LogP contribution in [0.5, 0.6) is 0 Å². The highest BCUT2D eigenvalue weighted by Crippen LogP contribution is 2.31. The van der Waals surface area contributed by atoms with E-state index in [0.29, 0.717) is 11.8 Å². The summed E-state index contributed by atoms with van der Waals surface area (Å²) in [5, 5.41) is 20.1. The van der Waals surface area contributed by atoms with Gasteiger partial charge in [0.15, 0.2) is 0 Å². The molecule has 2 nitrogen and oxygen atoms in total. The zero-order valence-corrected chi connectivity index (χ0v) is 20.0. The SMILES string of the molecule is CC(O)(C/C=C/C1CCCC1)CC1CCC=CCCC1.CCCC1CCCCC1O. The maximum atomic E-state index is 10.6. The Labute approximate surface area is 187 Å². The highest BCUT2D eigenvalue weighted by atomic mass is 16.3. The Bertz CT molecular complexity index is 485. The van der Waals surface area contributed by atoms with Crippen molar-refractivity contribution in [2.75, 3.05) is 0 Å². The first kappa shape index (κ1) is 25.7. The van der Waals surface area contributed by atoms with E-state index in [0.717, 1.165) is 25.2 Å². The maximum Gasteiger partial charge on any atom is 0.0656 e. The van der Waals surface area contributed by atoms with Crippen molar-refractivity contribution in [3.63, 3.8) is 0 Å². The molecule has 3 rings (SSSR count). The number of aliphatic hydroxyl groups excluding tert-OH is 1. The van der Waals surface area contributed by atoms with Crippen LogP contribution in [0.25, 0.3) is 0 Å². The summed E-state index contributed by atoms with van der Waals surface area (Å²) < 4.78 is 0. The summed E-state index contributed by atoms with van der Waals surface area (Å²) in [6.07, 6.45) is 30.1. The summed E-state index contributed by atoms with van der Waals surface area (Å²) in [5.41, 5.74) is -0.511. The highest BCUT2D eigenvalue weighted by Gasteiger charge is 2.24. The highest BCUT2D eigenvalue weighted by molar-refractivity contribution is 4.96. The van der Waals surface area contributed by atoms with Crippen LogP contribution in [0, 0.1) is 17.8 Å². The molecule has 0 aromatic rings. The van der Waals surface area contributed by atoms with E-state index in [1.165, 1.54) is 89.9 Å². The van der Waals surface area contributed by atoms with Crippen molar-refractivity contribution >= 4 is 0 Å². The quantitative estimate of drug-likeness (QED) is 0.415. The summed E-state index contributed by atoms with van der Waals surface area (Å²) >= 11 is 0. The summed E-state index contributed by atoms with van der Waals surface area (Å²) in [6, 6.07) is 0. The Morgan fingerprint density at radius 1 is 0.900 bits per heavy atom. The van der Waals surface area contributed by atoms with Gasteiger partial charge in [0.1, 0.15) is 0 Å². The van der Waals surface area contributed by atoms with E-state index in [2.05, 4.69) is 31.2 Å². The second-order valence-corrected chi connectivity index (χ2v) is 10.6. The monoisotopic (exact) mass is 418 g/mol. The van der Waals surface area contributed by atoms with E-state index < -0.39 is 5.60 Å². The van der Waals surface area contributed by atoms with Crippen LogP contribution in [0.15, 0.2) is 24.3 Å². The molecular weight excluding hydrogens is 368 g/mol. The fourth-order valence-corrected chi connectivity index (χ4v) is 5.71. The first-order valence-electron chi connectivity index (χ1n) is 13.2. The zero-order chi connectivity index (χ0) is 21.7. The Hall–Kier alpha value is -0.600. The third-order valence-corrected chi connectivity index (χ3v) is 7.51. The molecule has 4 unspecified atom stereocenters. The van der Waals surface area contributed by atoms with Gasteiger partial charge in [-0.1, -0.05) is 69.8 Å². The molecule has 0 spiro atoms. The van der Waals surface area contributed by atoms with E-state index in [1.807, 2.05) is 6.92 Å². The van der Waals surface area contributed by atoms with Crippen LogP contribution in [-0.2, 0) is 0 Å². The van der Waals surface area contributed by atoms with Crippen molar-refractivity contribution in [1.82, 2.24) is 0 Å². The van der Waals surface area contributed by atoms with Crippen LogP contribution in [0.4, 0.5) is 0 Å². The van der Waals surface area contributed by atoms with Crippen molar-refractivity contribution in [1.29, 1.82) is 0 Å². The first-order chi connectivity index (χ1) is 14.5. The summed E-state index contributed by atoms with van der Waals surface area (Å²) in [7, 11) is 0. The van der Waals surface area contributed by atoms with Crippen molar-refractivity contribution in [2.45, 2.75) is 135 Å². The fraction of sp³-hybridized carbons (Fsp3) is 0.857. The van der Waals surface area contributed by atoms with E-state index in [9.17, 15) is 10.2 Å². The molecule has 3 aliphatic rings. The first-order valence-corrected chi connectivity index (χ1v) is 13.2. The Balaban J connectivity index is 0.000000269. The molecule has 0 radical (unpaired) electrons. The molecule has 30 heavy (non-hydrogen) atoms. The molecule has 4 atom stereocenters. The second-order valence-electron chi connectivity index (χ2n) is 10.6. The average Bonchev–Trinajstić information content (AvgIpc) is 3.20. The molecule has 0 amide bonds. The normalized spacial score (nSPS) is 30.3. The van der Waals surface area contributed by atoms with Gasteiger partial charge in [0.25, 0.3) is 0 Å². The van der Waals surface area contributed by atoms with E-state index in [1.54, 1.807) is 0 Å². The van der Waals surface area contributed by atoms with E-state index in [-0.39, 0.29) is 6.10 Å². The molecule has 174 valence electrons. The summed E-state index contributed by atoms with van der Waals surface area (Å²) in [6.45, 7) is 4.22. The van der Waals surface area contributed by atoms with E-state index in [4.69, 9.17) is 0 Å². The number of hydrogen-bond donors (Lipinski definition) is 2. The van der Waals surface area contributed by atoms with Crippen LogP contribution in [0.2, 0.25) is 0 Å². The van der Waals surface area contributed by atoms with Gasteiger partial charge in [0, 0.05) is 0 Å². The van der Waals surface area contributed by atoms with Crippen molar-refractivity contribution in [3.05, 3.63) is 24.3 Å². The summed E-state index contributed by atoms with van der Waals surface area (Å²) in [4.78, 5) is 0. The molecule has 0 aliphatic heterocycles. The predicted molar refractivity (Wildman–Crippen MR) is 130 cm³/mol. The molecule has 2 N–H and O–H groups in total. The van der Waals surface area contributed by atoms with Gasteiger partial charge in [-0.05, 0) is 95.3 Å². The fourth-order valence-electron chi connectivity index (χ4n) is 5.71. The van der Waals surface area contributed by atoms with Gasteiger partial charge in [-0.15, -0.1) is 0 Å². The molecule has 2 saturated carbocycles. The van der Waals surface area contributed by atoms with E-state index >= 15 is 0 Å². The smallest absolute Gasteiger partial charge is 0.0656 e. The topological polar surface area (TPSA) is 40.5 Å². The molecule has 0 heterocycles. The van der Waals surface area contributed by atoms with Gasteiger partial charge >= 0.3 is 0 Å². The number of rotatable bonds is 7. The van der Waals surface area contributed by atoms with Crippen LogP contribution in [0.3, 0.4) is 0 Å². The Morgan fingerprint density at radius 3 is 2.33 bits per heavy atom. The largest absolute Gasteiger partial charge is 0.393 e. The molecular formula is C28H50O2. The molecule has 2 heteroatoms. The zero-order valence-electron chi connectivity index (χ0n) is 20.0. The molecule has 3 aliphatic carbocycles. The van der Waals surface area contributed by atoms with Gasteiger partial charge in [0.05, 0.1) is 11.7 Å². The number of aliphatic hydroxyl groups is 2. The van der Waals surface area contributed by atoms with Gasteiger partial charge in [-0.3, -0.25) is 0 Å². The van der Waals surface area contributed by atoms with Gasteiger partial charge in [-0.25, -0.2) is 0 Å².